The van der Waals surface area contributed by atoms with E-state index in [4.69, 9.17) is 4.74 Å². The first kappa shape index (κ1) is 10.3. The van der Waals surface area contributed by atoms with E-state index in [2.05, 4.69) is 0 Å². The van der Waals surface area contributed by atoms with Gasteiger partial charge in [-0.2, -0.15) is 0 Å². The Labute approximate surface area is 94.3 Å². The molecule has 0 radical (unpaired) electrons. The van der Waals surface area contributed by atoms with Gasteiger partial charge in [0, 0.05) is 10.8 Å². The van der Waals surface area contributed by atoms with E-state index in [-0.39, 0.29) is 5.97 Å². The summed E-state index contributed by atoms with van der Waals surface area (Å²) in [6, 6.07) is 1.77. The van der Waals surface area contributed by atoms with Gasteiger partial charge in [0.05, 0.1) is 16.2 Å². The number of aldehydes is 1. The molecule has 0 aliphatic heterocycles. The average molecular weight is 240 g/mol. The summed E-state index contributed by atoms with van der Waals surface area (Å²) in [7, 11) is 0. The van der Waals surface area contributed by atoms with Gasteiger partial charge in [-0.25, -0.2) is 4.79 Å². The zero-order valence-electron chi connectivity index (χ0n) is 7.98. The number of hydrogen-bond acceptors (Lipinski definition) is 5. The standard InChI is InChI=1S/C10H8O3S2/c1-2-13-10(12)7-3-6-5-14-8(4-11)9(6)15-7/h3-5H,2H2,1H3. The van der Waals surface area contributed by atoms with Crippen molar-refractivity contribution < 1.29 is 14.3 Å². The molecule has 0 saturated heterocycles. The van der Waals surface area contributed by atoms with Crippen LogP contribution in [0.3, 0.4) is 0 Å². The molecular weight excluding hydrogens is 232 g/mol. The van der Waals surface area contributed by atoms with Crippen LogP contribution in [0.5, 0.6) is 0 Å². The molecule has 0 atom stereocenters. The monoisotopic (exact) mass is 240 g/mol. The average Bonchev–Trinajstić information content (AvgIpc) is 2.76. The van der Waals surface area contributed by atoms with Crippen LogP contribution in [0, 0.1) is 0 Å². The highest BCUT2D eigenvalue weighted by Gasteiger charge is 2.14. The fraction of sp³-hybridized carbons (Fsp3) is 0.200. The largest absolute Gasteiger partial charge is 0.462 e. The molecule has 3 nitrogen and oxygen atoms in total. The van der Waals surface area contributed by atoms with E-state index in [1.807, 2.05) is 5.38 Å². The van der Waals surface area contributed by atoms with Crippen LogP contribution in [0.2, 0.25) is 0 Å². The van der Waals surface area contributed by atoms with Crippen molar-refractivity contribution in [2.75, 3.05) is 6.61 Å². The number of esters is 1. The van der Waals surface area contributed by atoms with E-state index in [1.54, 1.807) is 13.0 Å². The maximum absolute atomic E-state index is 11.4. The summed E-state index contributed by atoms with van der Waals surface area (Å²) in [4.78, 5) is 23.3. The molecule has 2 heterocycles. The topological polar surface area (TPSA) is 43.4 Å². The fourth-order valence-electron chi connectivity index (χ4n) is 1.25. The van der Waals surface area contributed by atoms with Gasteiger partial charge in [-0.05, 0) is 13.0 Å². The van der Waals surface area contributed by atoms with E-state index in [0.717, 1.165) is 16.4 Å². The van der Waals surface area contributed by atoms with Gasteiger partial charge < -0.3 is 4.74 Å². The van der Waals surface area contributed by atoms with Gasteiger partial charge in [-0.3, -0.25) is 4.79 Å². The minimum Gasteiger partial charge on any atom is -0.462 e. The molecule has 2 aromatic rings. The van der Waals surface area contributed by atoms with Crippen molar-refractivity contribution in [3.8, 4) is 0 Å². The summed E-state index contributed by atoms with van der Waals surface area (Å²) >= 11 is 2.70. The zero-order chi connectivity index (χ0) is 10.8. The number of carbonyl (C=O) groups excluding carboxylic acids is 2. The zero-order valence-corrected chi connectivity index (χ0v) is 9.61. The Morgan fingerprint density at radius 2 is 2.40 bits per heavy atom. The lowest BCUT2D eigenvalue weighted by Crippen LogP contribution is -2.01. The van der Waals surface area contributed by atoms with Gasteiger partial charge in [-0.15, -0.1) is 22.7 Å². The highest BCUT2D eigenvalue weighted by atomic mass is 32.1. The molecule has 0 bridgehead atoms. The van der Waals surface area contributed by atoms with Crippen LogP contribution < -0.4 is 0 Å². The van der Waals surface area contributed by atoms with Gasteiger partial charge in [0.15, 0.2) is 6.29 Å². The Bertz CT molecular complexity index is 510. The smallest absolute Gasteiger partial charge is 0.348 e. The van der Waals surface area contributed by atoms with Gasteiger partial charge in [-0.1, -0.05) is 0 Å². The quantitative estimate of drug-likeness (QED) is 0.612. The van der Waals surface area contributed by atoms with Crippen molar-refractivity contribution in [1.82, 2.24) is 0 Å². The number of carbonyl (C=O) groups is 2. The molecule has 5 heteroatoms. The number of rotatable bonds is 3. The normalized spacial score (nSPS) is 10.5. The number of fused-ring (bicyclic) bond motifs is 1. The molecule has 78 valence electrons. The highest BCUT2D eigenvalue weighted by Crippen LogP contribution is 2.32. The predicted octanol–water partition coefficient (Wildman–Crippen LogP) is 2.95. The molecule has 0 spiro atoms. The highest BCUT2D eigenvalue weighted by molar-refractivity contribution is 7.25. The lowest BCUT2D eigenvalue weighted by Gasteiger charge is -1.96. The Morgan fingerprint density at radius 3 is 3.07 bits per heavy atom. The summed E-state index contributed by atoms with van der Waals surface area (Å²) in [6.45, 7) is 2.13. The Kier molecular flexibility index (Phi) is 2.83. The minimum atomic E-state index is -0.319. The van der Waals surface area contributed by atoms with Gasteiger partial charge in [0.25, 0.3) is 0 Å². The number of hydrogen-bond donors (Lipinski definition) is 0. The predicted molar refractivity (Wildman–Crippen MR) is 61.0 cm³/mol. The molecule has 0 unspecified atom stereocenters. The summed E-state index contributed by atoms with van der Waals surface area (Å²) in [5, 5.41) is 2.81. The molecule has 2 rings (SSSR count). The van der Waals surface area contributed by atoms with Crippen molar-refractivity contribution in [2.45, 2.75) is 6.92 Å². The van der Waals surface area contributed by atoms with E-state index in [0.29, 0.717) is 16.4 Å². The van der Waals surface area contributed by atoms with Crippen molar-refractivity contribution in [1.29, 1.82) is 0 Å². The van der Waals surface area contributed by atoms with Crippen LogP contribution in [0.4, 0.5) is 0 Å². The van der Waals surface area contributed by atoms with Crippen LogP contribution in [0.15, 0.2) is 11.4 Å². The first-order chi connectivity index (χ1) is 7.26. The molecule has 0 aromatic carbocycles. The van der Waals surface area contributed by atoms with Crippen LogP contribution in [-0.4, -0.2) is 18.9 Å². The lowest BCUT2D eigenvalue weighted by atomic mass is 10.3. The second-order valence-electron chi connectivity index (χ2n) is 2.83. The van der Waals surface area contributed by atoms with Crippen molar-refractivity contribution in [3.05, 3.63) is 21.2 Å². The molecule has 0 amide bonds. The molecule has 0 fully saturated rings. The maximum Gasteiger partial charge on any atom is 0.348 e. The lowest BCUT2D eigenvalue weighted by molar-refractivity contribution is 0.0532. The minimum absolute atomic E-state index is 0.319. The number of ether oxygens (including phenoxy) is 1. The van der Waals surface area contributed by atoms with Gasteiger partial charge in [0.2, 0.25) is 0 Å². The Balaban J connectivity index is 2.43. The fourth-order valence-corrected chi connectivity index (χ4v) is 3.25. The Morgan fingerprint density at radius 1 is 1.60 bits per heavy atom. The summed E-state index contributed by atoms with van der Waals surface area (Å²) in [6.07, 6.45) is 0.818. The molecule has 0 N–H and O–H groups in total. The van der Waals surface area contributed by atoms with Crippen LogP contribution in [0.1, 0.15) is 26.3 Å². The summed E-state index contributed by atoms with van der Waals surface area (Å²) in [5.74, 6) is -0.319. The van der Waals surface area contributed by atoms with Crippen molar-refractivity contribution in [2.24, 2.45) is 0 Å². The third-order valence-corrected chi connectivity index (χ3v) is 4.10. The third kappa shape index (κ3) is 1.80. The first-order valence-electron chi connectivity index (χ1n) is 4.39. The van der Waals surface area contributed by atoms with Crippen molar-refractivity contribution in [3.63, 3.8) is 0 Å². The summed E-state index contributed by atoms with van der Waals surface area (Å²) in [5.41, 5.74) is 0. The van der Waals surface area contributed by atoms with Crippen LogP contribution in [-0.2, 0) is 4.74 Å². The van der Waals surface area contributed by atoms with Gasteiger partial charge in [0.1, 0.15) is 4.88 Å². The van der Waals surface area contributed by atoms with E-state index in [1.165, 1.54) is 22.7 Å². The SMILES string of the molecule is CCOC(=O)c1cc2csc(C=O)c2s1. The second kappa shape index (κ2) is 4.12. The van der Waals surface area contributed by atoms with E-state index in [9.17, 15) is 9.59 Å². The van der Waals surface area contributed by atoms with Crippen molar-refractivity contribution >= 4 is 45.0 Å². The van der Waals surface area contributed by atoms with Crippen LogP contribution >= 0.6 is 22.7 Å². The number of thiophene rings is 2. The van der Waals surface area contributed by atoms with Gasteiger partial charge >= 0.3 is 5.97 Å². The first-order valence-corrected chi connectivity index (χ1v) is 6.09. The molecule has 15 heavy (non-hydrogen) atoms. The molecule has 0 saturated carbocycles. The molecular formula is C10H8O3S2. The molecule has 2 aromatic heterocycles. The van der Waals surface area contributed by atoms with Crippen LogP contribution in [0.25, 0.3) is 10.1 Å². The molecule has 0 aliphatic carbocycles. The maximum atomic E-state index is 11.4. The summed E-state index contributed by atoms with van der Waals surface area (Å²) < 4.78 is 5.76. The Hall–Kier alpha value is -1.20. The molecule has 0 aliphatic rings. The second-order valence-corrected chi connectivity index (χ2v) is 4.80. The van der Waals surface area contributed by atoms with E-state index < -0.39 is 0 Å². The van der Waals surface area contributed by atoms with E-state index >= 15 is 0 Å². The third-order valence-electron chi connectivity index (χ3n) is 1.88.